The van der Waals surface area contributed by atoms with Gasteiger partial charge in [0.25, 0.3) is 5.56 Å². The number of rotatable bonds is 3. The van der Waals surface area contributed by atoms with Crippen LogP contribution in [0.25, 0.3) is 10.9 Å². The molecule has 1 atom stereocenters. The Morgan fingerprint density at radius 2 is 2.05 bits per heavy atom. The number of amides is 1. The molecule has 1 aliphatic rings. The number of nitrogen functional groups attached to an aromatic ring is 1. The predicted molar refractivity (Wildman–Crippen MR) is 82.9 cm³/mol. The van der Waals surface area contributed by atoms with E-state index in [4.69, 9.17) is 5.73 Å². The summed E-state index contributed by atoms with van der Waals surface area (Å²) in [4.78, 5) is 26.4. The summed E-state index contributed by atoms with van der Waals surface area (Å²) >= 11 is 0. The largest absolute Gasteiger partial charge is 0.394 e. The van der Waals surface area contributed by atoms with Gasteiger partial charge in [-0.05, 0) is 25.0 Å². The number of carbonyl (C=O) groups is 1. The molecule has 0 bridgehead atoms. The molecule has 2 N–H and O–H groups in total. The van der Waals surface area contributed by atoms with Gasteiger partial charge in [-0.2, -0.15) is 0 Å². The fourth-order valence-corrected chi connectivity index (χ4v) is 3.13. The number of carbonyl (C=O) groups excluding carboxylic acids is 1. The predicted octanol–water partition coefficient (Wildman–Crippen LogP) is 2.11. The number of likely N-dealkylation sites (tertiary alicyclic amines) is 1. The first-order chi connectivity index (χ1) is 10.1. The minimum absolute atomic E-state index is 0.111. The van der Waals surface area contributed by atoms with E-state index >= 15 is 0 Å². The molecular weight excluding hydrogens is 266 g/mol. The highest BCUT2D eigenvalue weighted by Crippen LogP contribution is 2.26. The maximum atomic E-state index is 12.5. The van der Waals surface area contributed by atoms with Crippen LogP contribution in [0.15, 0.2) is 35.1 Å². The van der Waals surface area contributed by atoms with Crippen LogP contribution in [0, 0.1) is 0 Å². The van der Waals surface area contributed by atoms with Gasteiger partial charge in [-0.1, -0.05) is 25.1 Å². The van der Waals surface area contributed by atoms with Crippen molar-refractivity contribution in [3.8, 4) is 0 Å². The van der Waals surface area contributed by atoms with E-state index in [1.807, 2.05) is 31.2 Å². The average Bonchev–Trinajstić information content (AvgIpc) is 2.90. The molecule has 1 aromatic carbocycles. The van der Waals surface area contributed by atoms with Gasteiger partial charge in [0, 0.05) is 18.4 Å². The molecule has 3 rings (SSSR count). The SMILES string of the molecule is CCC(N1CCCC1=O)n1c(=O)c(N)cc2ccccc21. The topological polar surface area (TPSA) is 68.3 Å². The Labute approximate surface area is 123 Å². The molecule has 1 unspecified atom stereocenters. The Bertz CT molecular complexity index is 751. The lowest BCUT2D eigenvalue weighted by Crippen LogP contribution is -2.39. The van der Waals surface area contributed by atoms with Crippen LogP contribution in [0.2, 0.25) is 0 Å². The van der Waals surface area contributed by atoms with Crippen molar-refractivity contribution in [2.75, 3.05) is 12.3 Å². The lowest BCUT2D eigenvalue weighted by Gasteiger charge is -2.30. The van der Waals surface area contributed by atoms with E-state index in [1.54, 1.807) is 15.5 Å². The van der Waals surface area contributed by atoms with Crippen molar-refractivity contribution in [3.05, 3.63) is 40.7 Å². The number of pyridine rings is 1. The van der Waals surface area contributed by atoms with Crippen molar-refractivity contribution in [3.63, 3.8) is 0 Å². The molecule has 21 heavy (non-hydrogen) atoms. The number of hydrogen-bond donors (Lipinski definition) is 1. The van der Waals surface area contributed by atoms with Crippen LogP contribution in [0.3, 0.4) is 0 Å². The average molecular weight is 285 g/mol. The molecule has 0 saturated carbocycles. The molecule has 0 spiro atoms. The minimum atomic E-state index is -0.263. The molecule has 2 heterocycles. The number of anilines is 1. The Kier molecular flexibility index (Phi) is 3.41. The van der Waals surface area contributed by atoms with E-state index in [2.05, 4.69) is 0 Å². The Balaban J connectivity index is 2.24. The van der Waals surface area contributed by atoms with Gasteiger partial charge in [0.05, 0.1) is 11.2 Å². The fourth-order valence-electron chi connectivity index (χ4n) is 3.13. The summed E-state index contributed by atoms with van der Waals surface area (Å²) in [5.74, 6) is 0.111. The maximum Gasteiger partial charge on any atom is 0.275 e. The van der Waals surface area contributed by atoms with Gasteiger partial charge < -0.3 is 10.6 Å². The van der Waals surface area contributed by atoms with Gasteiger partial charge in [-0.3, -0.25) is 14.2 Å². The summed E-state index contributed by atoms with van der Waals surface area (Å²) < 4.78 is 1.67. The van der Waals surface area contributed by atoms with Crippen molar-refractivity contribution in [1.82, 2.24) is 9.47 Å². The van der Waals surface area contributed by atoms with E-state index in [0.717, 1.165) is 17.3 Å². The van der Waals surface area contributed by atoms with E-state index < -0.39 is 0 Å². The Hall–Kier alpha value is -2.30. The van der Waals surface area contributed by atoms with Crippen molar-refractivity contribution in [1.29, 1.82) is 0 Å². The molecule has 1 amide bonds. The zero-order valence-electron chi connectivity index (χ0n) is 12.1. The molecule has 1 fully saturated rings. The highest BCUT2D eigenvalue weighted by atomic mass is 16.2. The molecule has 1 aromatic heterocycles. The zero-order chi connectivity index (χ0) is 15.0. The number of hydrogen-bond acceptors (Lipinski definition) is 3. The monoisotopic (exact) mass is 285 g/mol. The number of nitrogens with two attached hydrogens (primary N) is 1. The highest BCUT2D eigenvalue weighted by molar-refractivity contribution is 5.82. The third-order valence-corrected chi connectivity index (χ3v) is 4.11. The van der Waals surface area contributed by atoms with Crippen LogP contribution in [-0.2, 0) is 4.79 Å². The van der Waals surface area contributed by atoms with Gasteiger partial charge in [-0.15, -0.1) is 0 Å². The molecular formula is C16H19N3O2. The second kappa shape index (κ2) is 5.24. The first-order valence-electron chi connectivity index (χ1n) is 7.32. The van der Waals surface area contributed by atoms with Crippen LogP contribution in [0.4, 0.5) is 5.69 Å². The third kappa shape index (κ3) is 2.18. The normalized spacial score (nSPS) is 16.6. The van der Waals surface area contributed by atoms with E-state index in [0.29, 0.717) is 19.4 Å². The quantitative estimate of drug-likeness (QED) is 0.939. The van der Waals surface area contributed by atoms with Crippen molar-refractivity contribution >= 4 is 22.5 Å². The second-order valence-corrected chi connectivity index (χ2v) is 5.41. The maximum absolute atomic E-state index is 12.5. The number of para-hydroxylation sites is 1. The number of benzene rings is 1. The van der Waals surface area contributed by atoms with Crippen LogP contribution in [-0.4, -0.2) is 21.9 Å². The molecule has 5 heteroatoms. The number of aromatic nitrogens is 1. The van der Waals surface area contributed by atoms with Crippen LogP contribution >= 0.6 is 0 Å². The minimum Gasteiger partial charge on any atom is -0.394 e. The smallest absolute Gasteiger partial charge is 0.275 e. The van der Waals surface area contributed by atoms with Crippen molar-refractivity contribution < 1.29 is 4.79 Å². The first kappa shape index (κ1) is 13.7. The van der Waals surface area contributed by atoms with Crippen LogP contribution in [0.1, 0.15) is 32.4 Å². The lowest BCUT2D eigenvalue weighted by molar-refractivity contribution is -0.131. The highest BCUT2D eigenvalue weighted by Gasteiger charge is 2.29. The van der Waals surface area contributed by atoms with Gasteiger partial charge in [0.15, 0.2) is 0 Å². The summed E-state index contributed by atoms with van der Waals surface area (Å²) in [6.45, 7) is 2.69. The lowest BCUT2D eigenvalue weighted by atomic mass is 10.1. The molecule has 5 nitrogen and oxygen atoms in total. The molecule has 110 valence electrons. The third-order valence-electron chi connectivity index (χ3n) is 4.11. The summed E-state index contributed by atoms with van der Waals surface area (Å²) in [7, 11) is 0. The fraction of sp³-hybridized carbons (Fsp3) is 0.375. The van der Waals surface area contributed by atoms with Gasteiger partial charge >= 0.3 is 0 Å². The summed E-state index contributed by atoms with van der Waals surface area (Å²) in [6, 6.07) is 9.35. The van der Waals surface area contributed by atoms with Gasteiger partial charge in [0.2, 0.25) is 5.91 Å². The van der Waals surface area contributed by atoms with Crippen LogP contribution < -0.4 is 11.3 Å². The number of fused-ring (bicyclic) bond motifs is 1. The Morgan fingerprint density at radius 3 is 2.71 bits per heavy atom. The van der Waals surface area contributed by atoms with Gasteiger partial charge in [0.1, 0.15) is 6.17 Å². The standard InChI is InChI=1S/C16H19N3O2/c1-2-14(18-9-5-8-15(18)20)19-13-7-4-3-6-11(13)10-12(17)16(19)21/h3-4,6-7,10,14H,2,5,8-9,17H2,1H3. The molecule has 0 radical (unpaired) electrons. The Morgan fingerprint density at radius 1 is 1.29 bits per heavy atom. The second-order valence-electron chi connectivity index (χ2n) is 5.41. The summed E-state index contributed by atoms with van der Waals surface area (Å²) in [5, 5.41) is 0.916. The van der Waals surface area contributed by atoms with Crippen LogP contribution in [0.5, 0.6) is 0 Å². The first-order valence-corrected chi connectivity index (χ1v) is 7.32. The van der Waals surface area contributed by atoms with Crippen molar-refractivity contribution in [2.24, 2.45) is 0 Å². The number of nitrogens with zero attached hydrogens (tertiary/aromatic N) is 2. The molecule has 1 saturated heterocycles. The van der Waals surface area contributed by atoms with Gasteiger partial charge in [-0.25, -0.2) is 0 Å². The molecule has 0 aliphatic carbocycles. The molecule has 2 aromatic rings. The summed E-state index contributed by atoms with van der Waals surface area (Å²) in [5.41, 5.74) is 6.70. The molecule has 1 aliphatic heterocycles. The van der Waals surface area contributed by atoms with E-state index in [1.165, 1.54) is 0 Å². The zero-order valence-corrected chi connectivity index (χ0v) is 12.1. The van der Waals surface area contributed by atoms with E-state index in [9.17, 15) is 9.59 Å². The van der Waals surface area contributed by atoms with E-state index in [-0.39, 0.29) is 23.3 Å². The van der Waals surface area contributed by atoms with Crippen molar-refractivity contribution in [2.45, 2.75) is 32.4 Å². The summed E-state index contributed by atoms with van der Waals surface area (Å²) in [6.07, 6.45) is 1.83.